The van der Waals surface area contributed by atoms with Gasteiger partial charge in [-0.2, -0.15) is 0 Å². The van der Waals surface area contributed by atoms with Crippen LogP contribution in [0.5, 0.6) is 0 Å². The highest BCUT2D eigenvalue weighted by Crippen LogP contribution is 2.35. The Hall–Kier alpha value is -1.00. The standard InChI is InChI=1S/C13H17F2NO/c1-3-9(2)16-7-13(17,8-16)10-5-4-6-11(14)12(10)15/h4-6,9,17H,3,7-8H2,1-2H3. The molecule has 1 saturated heterocycles. The molecule has 1 aromatic carbocycles. The van der Waals surface area contributed by atoms with E-state index < -0.39 is 17.2 Å². The smallest absolute Gasteiger partial charge is 0.164 e. The first kappa shape index (κ1) is 12.5. The van der Waals surface area contributed by atoms with Crippen molar-refractivity contribution in [2.24, 2.45) is 0 Å². The van der Waals surface area contributed by atoms with Gasteiger partial charge in [0.2, 0.25) is 0 Å². The minimum absolute atomic E-state index is 0.0667. The minimum Gasteiger partial charge on any atom is -0.382 e. The predicted molar refractivity (Wildman–Crippen MR) is 61.6 cm³/mol. The number of rotatable bonds is 3. The molecule has 1 fully saturated rings. The van der Waals surface area contributed by atoms with E-state index in [-0.39, 0.29) is 5.56 Å². The van der Waals surface area contributed by atoms with E-state index >= 15 is 0 Å². The Bertz CT molecular complexity index is 416. The Morgan fingerprint density at radius 3 is 2.65 bits per heavy atom. The summed E-state index contributed by atoms with van der Waals surface area (Å²) in [4.78, 5) is 2.06. The van der Waals surface area contributed by atoms with Crippen LogP contribution in [0, 0.1) is 11.6 Å². The molecule has 2 rings (SSSR count). The van der Waals surface area contributed by atoms with Crippen LogP contribution in [-0.4, -0.2) is 29.1 Å². The van der Waals surface area contributed by atoms with Crippen LogP contribution < -0.4 is 0 Å². The molecule has 94 valence electrons. The molecule has 1 unspecified atom stereocenters. The number of hydrogen-bond acceptors (Lipinski definition) is 2. The first-order valence-corrected chi connectivity index (χ1v) is 5.89. The third kappa shape index (κ3) is 2.07. The van der Waals surface area contributed by atoms with Gasteiger partial charge in [-0.1, -0.05) is 19.1 Å². The quantitative estimate of drug-likeness (QED) is 0.877. The first-order valence-electron chi connectivity index (χ1n) is 5.89. The summed E-state index contributed by atoms with van der Waals surface area (Å²) in [7, 11) is 0. The minimum atomic E-state index is -1.24. The van der Waals surface area contributed by atoms with Crippen molar-refractivity contribution in [3.8, 4) is 0 Å². The second-order valence-electron chi connectivity index (χ2n) is 4.80. The average Bonchev–Trinajstić information content (AvgIpc) is 2.27. The maximum Gasteiger partial charge on any atom is 0.164 e. The zero-order valence-electron chi connectivity index (χ0n) is 10.1. The van der Waals surface area contributed by atoms with Crippen molar-refractivity contribution in [1.29, 1.82) is 0 Å². The van der Waals surface area contributed by atoms with Gasteiger partial charge < -0.3 is 5.11 Å². The van der Waals surface area contributed by atoms with Gasteiger partial charge in [-0.05, 0) is 19.4 Å². The molecule has 0 aliphatic carbocycles. The van der Waals surface area contributed by atoms with Crippen molar-refractivity contribution >= 4 is 0 Å². The third-order valence-electron chi connectivity index (χ3n) is 3.60. The summed E-state index contributed by atoms with van der Waals surface area (Å²) in [5.41, 5.74) is -1.17. The lowest BCUT2D eigenvalue weighted by Crippen LogP contribution is -2.62. The van der Waals surface area contributed by atoms with Crippen LogP contribution >= 0.6 is 0 Å². The third-order valence-corrected chi connectivity index (χ3v) is 3.60. The topological polar surface area (TPSA) is 23.5 Å². The zero-order valence-corrected chi connectivity index (χ0v) is 10.1. The van der Waals surface area contributed by atoms with E-state index in [0.717, 1.165) is 12.5 Å². The summed E-state index contributed by atoms with van der Waals surface area (Å²) in [6.45, 7) is 4.84. The molecule has 1 aliphatic rings. The number of likely N-dealkylation sites (tertiary alicyclic amines) is 1. The van der Waals surface area contributed by atoms with E-state index in [1.807, 2.05) is 0 Å². The lowest BCUT2D eigenvalue weighted by Gasteiger charge is -2.49. The van der Waals surface area contributed by atoms with Crippen molar-refractivity contribution in [3.63, 3.8) is 0 Å². The van der Waals surface area contributed by atoms with Gasteiger partial charge in [0.05, 0.1) is 0 Å². The number of β-amino-alcohol motifs (C(OH)–C–C–N with tert-alkyl or cyclic N) is 1. The predicted octanol–water partition coefficient (Wildman–Crippen LogP) is 2.27. The van der Waals surface area contributed by atoms with Crippen molar-refractivity contribution in [1.82, 2.24) is 4.90 Å². The summed E-state index contributed by atoms with van der Waals surface area (Å²) in [5, 5.41) is 10.3. The second-order valence-corrected chi connectivity index (χ2v) is 4.80. The molecule has 17 heavy (non-hydrogen) atoms. The molecular formula is C13H17F2NO. The van der Waals surface area contributed by atoms with Crippen LogP contribution in [0.15, 0.2) is 18.2 Å². The Morgan fingerprint density at radius 2 is 2.06 bits per heavy atom. The lowest BCUT2D eigenvalue weighted by molar-refractivity contribution is -0.121. The van der Waals surface area contributed by atoms with Crippen LogP contribution in [0.3, 0.4) is 0 Å². The van der Waals surface area contributed by atoms with Crippen LogP contribution in [0.25, 0.3) is 0 Å². The fraction of sp³-hybridized carbons (Fsp3) is 0.538. The highest BCUT2D eigenvalue weighted by atomic mass is 19.2. The number of aliphatic hydroxyl groups is 1. The van der Waals surface area contributed by atoms with Crippen molar-refractivity contribution in [2.75, 3.05) is 13.1 Å². The highest BCUT2D eigenvalue weighted by Gasteiger charge is 2.45. The van der Waals surface area contributed by atoms with Gasteiger partial charge in [0, 0.05) is 24.7 Å². The van der Waals surface area contributed by atoms with Crippen LogP contribution in [-0.2, 0) is 5.60 Å². The van der Waals surface area contributed by atoms with E-state index in [2.05, 4.69) is 18.7 Å². The van der Waals surface area contributed by atoms with Gasteiger partial charge >= 0.3 is 0 Å². The molecular weight excluding hydrogens is 224 g/mol. The van der Waals surface area contributed by atoms with Crippen LogP contribution in [0.4, 0.5) is 8.78 Å². The van der Waals surface area contributed by atoms with Crippen molar-refractivity contribution < 1.29 is 13.9 Å². The van der Waals surface area contributed by atoms with Crippen LogP contribution in [0.2, 0.25) is 0 Å². The molecule has 0 amide bonds. The van der Waals surface area contributed by atoms with Gasteiger partial charge in [0.1, 0.15) is 5.60 Å². The van der Waals surface area contributed by atoms with Gasteiger partial charge in [-0.3, -0.25) is 4.90 Å². The maximum atomic E-state index is 13.6. The summed E-state index contributed by atoms with van der Waals surface area (Å²) >= 11 is 0. The summed E-state index contributed by atoms with van der Waals surface area (Å²) in [6, 6.07) is 4.30. The van der Waals surface area contributed by atoms with Crippen LogP contribution in [0.1, 0.15) is 25.8 Å². The Labute approximate surface area is 99.9 Å². The van der Waals surface area contributed by atoms with E-state index in [1.165, 1.54) is 12.1 Å². The molecule has 1 atom stereocenters. The Morgan fingerprint density at radius 1 is 1.41 bits per heavy atom. The average molecular weight is 241 g/mol. The molecule has 1 N–H and O–H groups in total. The number of nitrogens with zero attached hydrogens (tertiary/aromatic N) is 1. The molecule has 0 spiro atoms. The second kappa shape index (κ2) is 4.35. The number of halogens is 2. The van der Waals surface area contributed by atoms with Gasteiger partial charge in [0.15, 0.2) is 11.6 Å². The fourth-order valence-corrected chi connectivity index (χ4v) is 2.23. The van der Waals surface area contributed by atoms with Gasteiger partial charge in [-0.25, -0.2) is 8.78 Å². The van der Waals surface area contributed by atoms with Crippen molar-refractivity contribution in [2.45, 2.75) is 31.9 Å². The first-order chi connectivity index (χ1) is 7.98. The largest absolute Gasteiger partial charge is 0.382 e. The van der Waals surface area contributed by atoms with Gasteiger partial charge in [0.25, 0.3) is 0 Å². The van der Waals surface area contributed by atoms with Crippen molar-refractivity contribution in [3.05, 3.63) is 35.4 Å². The lowest BCUT2D eigenvalue weighted by atomic mass is 9.84. The molecule has 0 radical (unpaired) electrons. The Kier molecular flexibility index (Phi) is 3.19. The van der Waals surface area contributed by atoms with E-state index in [0.29, 0.717) is 19.1 Å². The molecule has 1 aromatic rings. The molecule has 2 nitrogen and oxygen atoms in total. The monoisotopic (exact) mass is 241 g/mol. The molecule has 1 heterocycles. The fourth-order valence-electron chi connectivity index (χ4n) is 2.23. The molecule has 0 bridgehead atoms. The Balaban J connectivity index is 2.17. The van der Waals surface area contributed by atoms with Gasteiger partial charge in [-0.15, -0.1) is 0 Å². The zero-order chi connectivity index (χ0) is 12.6. The highest BCUT2D eigenvalue weighted by molar-refractivity contribution is 5.29. The normalized spacial score (nSPS) is 21.0. The van der Waals surface area contributed by atoms with E-state index in [1.54, 1.807) is 0 Å². The number of benzene rings is 1. The van der Waals surface area contributed by atoms with E-state index in [9.17, 15) is 13.9 Å². The van der Waals surface area contributed by atoms with E-state index in [4.69, 9.17) is 0 Å². The molecule has 4 heteroatoms. The summed E-state index contributed by atoms with van der Waals surface area (Å²) in [5.74, 6) is -1.84. The SMILES string of the molecule is CCC(C)N1CC(O)(c2cccc(F)c2F)C1. The molecule has 1 aliphatic heterocycles. The summed E-state index contributed by atoms with van der Waals surface area (Å²) < 4.78 is 26.7. The molecule has 0 aromatic heterocycles. The summed E-state index contributed by atoms with van der Waals surface area (Å²) in [6.07, 6.45) is 0.974. The number of hydrogen-bond donors (Lipinski definition) is 1. The maximum absolute atomic E-state index is 13.6. The molecule has 0 saturated carbocycles.